The van der Waals surface area contributed by atoms with E-state index in [2.05, 4.69) is 22.0 Å². The van der Waals surface area contributed by atoms with E-state index in [1.165, 1.54) is 0 Å². The molecule has 3 nitrogen and oxygen atoms in total. The number of rotatable bonds is 3. The lowest BCUT2D eigenvalue weighted by Gasteiger charge is -2.25. The maximum atomic E-state index is 9.14. The molecule has 1 fully saturated rings. The molecule has 1 saturated heterocycles. The number of nitrogens with zero attached hydrogens (tertiary/aromatic N) is 1. The first-order valence-corrected chi connectivity index (χ1v) is 6.51. The highest BCUT2D eigenvalue weighted by Gasteiger charge is 2.20. The number of ether oxygens (including phenoxy) is 2. The second kappa shape index (κ2) is 6.15. The van der Waals surface area contributed by atoms with E-state index in [-0.39, 0.29) is 6.29 Å². The van der Waals surface area contributed by atoms with Gasteiger partial charge in [0.25, 0.3) is 0 Å². The fourth-order valence-electron chi connectivity index (χ4n) is 1.79. The lowest BCUT2D eigenvalue weighted by Crippen LogP contribution is -2.24. The largest absolute Gasteiger partial charge is 0.353 e. The van der Waals surface area contributed by atoms with Gasteiger partial charge in [0.2, 0.25) is 0 Å². The van der Waals surface area contributed by atoms with Crippen molar-refractivity contribution in [3.63, 3.8) is 0 Å². The standard InChI is InChI=1S/C13H14BrNO2/c14-11-6-4-10(5-7-11)12(9-15)17-13-3-1-2-8-16-13/h4-7,12-13H,1-3,8H2. The Labute approximate surface area is 109 Å². The normalized spacial score (nSPS) is 21.8. The van der Waals surface area contributed by atoms with Gasteiger partial charge in [-0.1, -0.05) is 28.1 Å². The van der Waals surface area contributed by atoms with E-state index in [0.29, 0.717) is 0 Å². The predicted octanol–water partition coefficient (Wildman–Crippen LogP) is 3.56. The molecule has 17 heavy (non-hydrogen) atoms. The molecule has 4 heteroatoms. The van der Waals surface area contributed by atoms with Gasteiger partial charge in [-0.15, -0.1) is 0 Å². The van der Waals surface area contributed by atoms with Gasteiger partial charge in [0.1, 0.15) is 0 Å². The van der Waals surface area contributed by atoms with Gasteiger partial charge < -0.3 is 9.47 Å². The summed E-state index contributed by atoms with van der Waals surface area (Å²) in [5, 5.41) is 9.14. The van der Waals surface area contributed by atoms with Crippen molar-refractivity contribution in [1.82, 2.24) is 0 Å². The minimum absolute atomic E-state index is 0.239. The van der Waals surface area contributed by atoms with Crippen LogP contribution in [-0.4, -0.2) is 12.9 Å². The van der Waals surface area contributed by atoms with E-state index >= 15 is 0 Å². The van der Waals surface area contributed by atoms with Gasteiger partial charge in [-0.05, 0) is 37.0 Å². The van der Waals surface area contributed by atoms with Gasteiger partial charge in [-0.25, -0.2) is 0 Å². The highest BCUT2D eigenvalue weighted by Crippen LogP contribution is 2.24. The fraction of sp³-hybridized carbons (Fsp3) is 0.462. The van der Waals surface area contributed by atoms with Crippen LogP contribution in [0.5, 0.6) is 0 Å². The Morgan fingerprint density at radius 2 is 2.12 bits per heavy atom. The monoisotopic (exact) mass is 295 g/mol. The van der Waals surface area contributed by atoms with Gasteiger partial charge >= 0.3 is 0 Å². The highest BCUT2D eigenvalue weighted by atomic mass is 79.9. The molecule has 0 aliphatic carbocycles. The van der Waals surface area contributed by atoms with Crippen LogP contribution < -0.4 is 0 Å². The van der Waals surface area contributed by atoms with Gasteiger partial charge in [0, 0.05) is 11.1 Å². The average molecular weight is 296 g/mol. The summed E-state index contributed by atoms with van der Waals surface area (Å²) in [7, 11) is 0. The maximum absolute atomic E-state index is 9.14. The Kier molecular flexibility index (Phi) is 4.55. The fourth-order valence-corrected chi connectivity index (χ4v) is 2.06. The number of nitriles is 1. The molecule has 1 aliphatic heterocycles. The van der Waals surface area contributed by atoms with Crippen molar-refractivity contribution in [1.29, 1.82) is 5.26 Å². The summed E-state index contributed by atoms with van der Waals surface area (Å²) in [6.07, 6.45) is 2.26. The lowest BCUT2D eigenvalue weighted by atomic mass is 10.1. The second-order valence-electron chi connectivity index (χ2n) is 3.99. The third-order valence-corrected chi connectivity index (χ3v) is 3.24. The quantitative estimate of drug-likeness (QED) is 0.856. The summed E-state index contributed by atoms with van der Waals surface area (Å²) in [5.74, 6) is 0. The van der Waals surface area contributed by atoms with Crippen LogP contribution in [0.15, 0.2) is 28.7 Å². The Balaban J connectivity index is 2.01. The minimum Gasteiger partial charge on any atom is -0.353 e. The van der Waals surface area contributed by atoms with Crippen LogP contribution in [0.3, 0.4) is 0 Å². The van der Waals surface area contributed by atoms with Crippen LogP contribution in [0.25, 0.3) is 0 Å². The minimum atomic E-state index is -0.550. The van der Waals surface area contributed by atoms with Crippen LogP contribution in [0, 0.1) is 11.3 Å². The Bertz CT molecular complexity index is 393. The Morgan fingerprint density at radius 3 is 2.71 bits per heavy atom. The molecule has 2 rings (SSSR count). The van der Waals surface area contributed by atoms with Crippen molar-refractivity contribution in [2.45, 2.75) is 31.7 Å². The van der Waals surface area contributed by atoms with Crippen molar-refractivity contribution in [2.75, 3.05) is 6.61 Å². The molecule has 2 unspecified atom stereocenters. The SMILES string of the molecule is N#CC(OC1CCCCO1)c1ccc(Br)cc1. The molecule has 0 spiro atoms. The molecule has 0 amide bonds. The number of hydrogen-bond acceptors (Lipinski definition) is 3. The molecule has 0 saturated carbocycles. The molecule has 0 N–H and O–H groups in total. The van der Waals surface area contributed by atoms with Crippen molar-refractivity contribution >= 4 is 15.9 Å². The lowest BCUT2D eigenvalue weighted by molar-refractivity contribution is -0.178. The van der Waals surface area contributed by atoms with Gasteiger partial charge in [0.05, 0.1) is 6.07 Å². The third kappa shape index (κ3) is 3.53. The average Bonchev–Trinajstić information content (AvgIpc) is 2.38. The molecule has 0 bridgehead atoms. The van der Waals surface area contributed by atoms with E-state index in [4.69, 9.17) is 14.7 Å². The third-order valence-electron chi connectivity index (χ3n) is 2.72. The summed E-state index contributed by atoms with van der Waals surface area (Å²) in [6, 6.07) is 9.76. The summed E-state index contributed by atoms with van der Waals surface area (Å²) in [5.41, 5.74) is 0.866. The first-order valence-electron chi connectivity index (χ1n) is 5.72. The van der Waals surface area contributed by atoms with Crippen molar-refractivity contribution in [3.05, 3.63) is 34.3 Å². The van der Waals surface area contributed by atoms with Crippen molar-refractivity contribution in [3.8, 4) is 6.07 Å². The zero-order valence-corrected chi connectivity index (χ0v) is 11.0. The topological polar surface area (TPSA) is 42.2 Å². The molecule has 2 atom stereocenters. The van der Waals surface area contributed by atoms with Crippen LogP contribution in [0.4, 0.5) is 0 Å². The van der Waals surface area contributed by atoms with Gasteiger partial charge in [0.15, 0.2) is 12.4 Å². The van der Waals surface area contributed by atoms with E-state index in [0.717, 1.165) is 35.9 Å². The molecule has 1 aromatic rings. The molecular formula is C13H14BrNO2. The summed E-state index contributed by atoms with van der Waals surface area (Å²) in [6.45, 7) is 0.725. The summed E-state index contributed by atoms with van der Waals surface area (Å²) in [4.78, 5) is 0. The summed E-state index contributed by atoms with van der Waals surface area (Å²) >= 11 is 3.37. The Morgan fingerprint density at radius 1 is 1.35 bits per heavy atom. The van der Waals surface area contributed by atoms with E-state index in [1.807, 2.05) is 24.3 Å². The zero-order chi connectivity index (χ0) is 12.1. The molecule has 0 radical (unpaired) electrons. The van der Waals surface area contributed by atoms with Crippen LogP contribution in [-0.2, 0) is 9.47 Å². The molecule has 1 heterocycles. The van der Waals surface area contributed by atoms with E-state index in [9.17, 15) is 0 Å². The van der Waals surface area contributed by atoms with Gasteiger partial charge in [-0.2, -0.15) is 5.26 Å². The van der Waals surface area contributed by atoms with Gasteiger partial charge in [-0.3, -0.25) is 0 Å². The van der Waals surface area contributed by atoms with Crippen LogP contribution >= 0.6 is 15.9 Å². The predicted molar refractivity (Wildman–Crippen MR) is 67.2 cm³/mol. The molecule has 1 aliphatic rings. The zero-order valence-electron chi connectivity index (χ0n) is 9.43. The number of halogens is 1. The van der Waals surface area contributed by atoms with E-state index in [1.54, 1.807) is 0 Å². The second-order valence-corrected chi connectivity index (χ2v) is 4.91. The molecule has 90 valence electrons. The molecule has 0 aromatic heterocycles. The maximum Gasteiger partial charge on any atom is 0.172 e. The molecular weight excluding hydrogens is 282 g/mol. The Hall–Kier alpha value is -0.890. The molecule has 1 aromatic carbocycles. The van der Waals surface area contributed by atoms with E-state index < -0.39 is 6.10 Å². The summed E-state index contributed by atoms with van der Waals surface area (Å²) < 4.78 is 12.1. The smallest absolute Gasteiger partial charge is 0.172 e. The first-order chi connectivity index (χ1) is 8.29. The van der Waals surface area contributed by atoms with Crippen molar-refractivity contribution in [2.24, 2.45) is 0 Å². The number of benzene rings is 1. The first kappa shape index (κ1) is 12.6. The van der Waals surface area contributed by atoms with Crippen LogP contribution in [0.2, 0.25) is 0 Å². The van der Waals surface area contributed by atoms with Crippen molar-refractivity contribution < 1.29 is 9.47 Å². The highest BCUT2D eigenvalue weighted by molar-refractivity contribution is 9.10. The van der Waals surface area contributed by atoms with Crippen LogP contribution in [0.1, 0.15) is 30.9 Å². The number of hydrogen-bond donors (Lipinski definition) is 0.